The standard InChI is InChI=1S/C9H18O2/c1-7(10)8(11)5-6-9(2,3)4/h8,11H,5-6H2,1-4H3. The maximum absolute atomic E-state index is 10.6. The van der Waals surface area contributed by atoms with Gasteiger partial charge in [-0.1, -0.05) is 20.8 Å². The lowest BCUT2D eigenvalue weighted by Gasteiger charge is -2.18. The summed E-state index contributed by atoms with van der Waals surface area (Å²) in [6.07, 6.45) is 0.710. The molecule has 11 heavy (non-hydrogen) atoms. The number of rotatable bonds is 3. The Morgan fingerprint density at radius 1 is 1.45 bits per heavy atom. The number of ketones is 1. The minimum Gasteiger partial charge on any atom is -0.385 e. The SMILES string of the molecule is CC(=O)C(O)CCC(C)(C)C. The van der Waals surface area contributed by atoms with Crippen LogP contribution in [-0.2, 0) is 4.79 Å². The van der Waals surface area contributed by atoms with Gasteiger partial charge < -0.3 is 5.11 Å². The second kappa shape index (κ2) is 3.86. The molecule has 0 fully saturated rings. The lowest BCUT2D eigenvalue weighted by molar-refractivity contribution is -0.125. The van der Waals surface area contributed by atoms with Gasteiger partial charge in [0.15, 0.2) is 5.78 Å². The van der Waals surface area contributed by atoms with Gasteiger partial charge in [0.25, 0.3) is 0 Å². The number of hydrogen-bond donors (Lipinski definition) is 1. The quantitative estimate of drug-likeness (QED) is 0.679. The van der Waals surface area contributed by atoms with Crippen LogP contribution in [-0.4, -0.2) is 17.0 Å². The molecule has 0 aliphatic carbocycles. The van der Waals surface area contributed by atoms with Crippen LogP contribution >= 0.6 is 0 Å². The second-order valence-electron chi connectivity index (χ2n) is 4.23. The van der Waals surface area contributed by atoms with Gasteiger partial charge in [0.05, 0.1) is 0 Å². The Morgan fingerprint density at radius 2 is 1.91 bits per heavy atom. The van der Waals surface area contributed by atoms with E-state index >= 15 is 0 Å². The molecule has 1 atom stereocenters. The number of aliphatic hydroxyl groups excluding tert-OH is 1. The highest BCUT2D eigenvalue weighted by Gasteiger charge is 2.15. The summed E-state index contributed by atoms with van der Waals surface area (Å²) < 4.78 is 0. The zero-order valence-corrected chi connectivity index (χ0v) is 7.85. The van der Waals surface area contributed by atoms with E-state index in [0.717, 1.165) is 6.42 Å². The second-order valence-corrected chi connectivity index (χ2v) is 4.23. The van der Waals surface area contributed by atoms with E-state index in [1.165, 1.54) is 6.92 Å². The molecule has 2 nitrogen and oxygen atoms in total. The Kier molecular flexibility index (Phi) is 3.73. The van der Waals surface area contributed by atoms with E-state index in [4.69, 9.17) is 5.11 Å². The zero-order valence-electron chi connectivity index (χ0n) is 7.85. The molecule has 0 rings (SSSR count). The van der Waals surface area contributed by atoms with E-state index in [1.54, 1.807) is 0 Å². The Bertz CT molecular complexity index is 133. The maximum Gasteiger partial charge on any atom is 0.158 e. The minimum atomic E-state index is -0.755. The molecule has 2 heteroatoms. The van der Waals surface area contributed by atoms with Gasteiger partial charge in [0.2, 0.25) is 0 Å². The van der Waals surface area contributed by atoms with Crippen LogP contribution in [0, 0.1) is 5.41 Å². The third-order valence-electron chi connectivity index (χ3n) is 1.64. The van der Waals surface area contributed by atoms with Crippen LogP contribution in [0.2, 0.25) is 0 Å². The molecule has 1 unspecified atom stereocenters. The van der Waals surface area contributed by atoms with Gasteiger partial charge in [-0.25, -0.2) is 0 Å². The average Bonchev–Trinajstić information content (AvgIpc) is 1.80. The Balaban J connectivity index is 3.63. The summed E-state index contributed by atoms with van der Waals surface area (Å²) in [5.41, 5.74) is 0.205. The molecule has 0 radical (unpaired) electrons. The van der Waals surface area contributed by atoms with Crippen molar-refractivity contribution in [2.75, 3.05) is 0 Å². The van der Waals surface area contributed by atoms with Crippen molar-refractivity contribution in [2.24, 2.45) is 5.41 Å². The van der Waals surface area contributed by atoms with E-state index in [0.29, 0.717) is 6.42 Å². The first-order valence-corrected chi connectivity index (χ1v) is 4.01. The first kappa shape index (κ1) is 10.6. The molecular weight excluding hydrogens is 140 g/mol. The third kappa shape index (κ3) is 6.05. The summed E-state index contributed by atoms with van der Waals surface area (Å²) in [4.78, 5) is 10.6. The van der Waals surface area contributed by atoms with Gasteiger partial charge in [0.1, 0.15) is 6.10 Å². The molecular formula is C9H18O2. The molecule has 0 saturated carbocycles. The normalized spacial score (nSPS) is 14.6. The van der Waals surface area contributed by atoms with Crippen molar-refractivity contribution >= 4 is 5.78 Å². The van der Waals surface area contributed by atoms with Gasteiger partial charge in [-0.05, 0) is 25.2 Å². The van der Waals surface area contributed by atoms with Gasteiger partial charge in [0, 0.05) is 0 Å². The Labute approximate surface area is 68.6 Å². The average molecular weight is 158 g/mol. The van der Waals surface area contributed by atoms with Gasteiger partial charge in [-0.15, -0.1) is 0 Å². The van der Waals surface area contributed by atoms with Crippen LogP contribution in [0.1, 0.15) is 40.5 Å². The highest BCUT2D eigenvalue weighted by atomic mass is 16.3. The van der Waals surface area contributed by atoms with Crippen molar-refractivity contribution in [1.29, 1.82) is 0 Å². The number of aliphatic hydroxyl groups is 1. The first-order chi connectivity index (χ1) is 4.83. The van der Waals surface area contributed by atoms with Crippen molar-refractivity contribution in [3.63, 3.8) is 0 Å². The molecule has 0 aromatic rings. The molecule has 66 valence electrons. The lowest BCUT2D eigenvalue weighted by Crippen LogP contribution is -2.19. The molecule has 0 aromatic carbocycles. The predicted octanol–water partition coefficient (Wildman–Crippen LogP) is 1.76. The van der Waals surface area contributed by atoms with Crippen molar-refractivity contribution < 1.29 is 9.90 Å². The van der Waals surface area contributed by atoms with Crippen LogP contribution in [0.4, 0.5) is 0 Å². The molecule has 0 saturated heterocycles. The highest BCUT2D eigenvalue weighted by molar-refractivity contribution is 5.79. The number of hydrogen-bond acceptors (Lipinski definition) is 2. The summed E-state index contributed by atoms with van der Waals surface area (Å²) in [5.74, 6) is -0.130. The van der Waals surface area contributed by atoms with Crippen molar-refractivity contribution in [2.45, 2.75) is 46.6 Å². The summed E-state index contributed by atoms with van der Waals surface area (Å²) in [6, 6.07) is 0. The molecule has 0 aliphatic heterocycles. The summed E-state index contributed by atoms with van der Waals surface area (Å²) in [5, 5.41) is 9.14. The van der Waals surface area contributed by atoms with Crippen LogP contribution in [0.25, 0.3) is 0 Å². The van der Waals surface area contributed by atoms with Crippen molar-refractivity contribution in [3.8, 4) is 0 Å². The van der Waals surface area contributed by atoms with Crippen LogP contribution < -0.4 is 0 Å². The van der Waals surface area contributed by atoms with E-state index in [2.05, 4.69) is 20.8 Å². The fraction of sp³-hybridized carbons (Fsp3) is 0.889. The first-order valence-electron chi connectivity index (χ1n) is 4.01. The van der Waals surface area contributed by atoms with Crippen LogP contribution in [0.3, 0.4) is 0 Å². The maximum atomic E-state index is 10.6. The number of carbonyl (C=O) groups excluding carboxylic acids is 1. The molecule has 1 N–H and O–H groups in total. The molecule has 0 aliphatic rings. The summed E-state index contributed by atoms with van der Waals surface area (Å²) in [6.45, 7) is 7.72. The fourth-order valence-corrected chi connectivity index (χ4v) is 0.773. The van der Waals surface area contributed by atoms with Gasteiger partial charge >= 0.3 is 0 Å². The van der Waals surface area contributed by atoms with E-state index < -0.39 is 6.10 Å². The van der Waals surface area contributed by atoms with E-state index in [9.17, 15) is 4.79 Å². The number of Topliss-reactive ketones (excluding diaryl/α,β-unsaturated/α-hetero) is 1. The zero-order chi connectivity index (χ0) is 9.07. The van der Waals surface area contributed by atoms with Crippen molar-refractivity contribution in [1.82, 2.24) is 0 Å². The smallest absolute Gasteiger partial charge is 0.158 e. The summed E-state index contributed by atoms with van der Waals surface area (Å²) in [7, 11) is 0. The fourth-order valence-electron chi connectivity index (χ4n) is 0.773. The molecule has 0 spiro atoms. The third-order valence-corrected chi connectivity index (χ3v) is 1.64. The van der Waals surface area contributed by atoms with Crippen LogP contribution in [0.5, 0.6) is 0 Å². The lowest BCUT2D eigenvalue weighted by atomic mass is 9.89. The minimum absolute atomic E-state index is 0.130. The van der Waals surface area contributed by atoms with E-state index in [-0.39, 0.29) is 11.2 Å². The molecule has 0 bridgehead atoms. The molecule has 0 heterocycles. The van der Waals surface area contributed by atoms with Gasteiger partial charge in [-0.2, -0.15) is 0 Å². The van der Waals surface area contributed by atoms with E-state index in [1.807, 2.05) is 0 Å². The Morgan fingerprint density at radius 3 is 2.18 bits per heavy atom. The molecule has 0 aromatic heterocycles. The Hall–Kier alpha value is -0.370. The summed E-state index contributed by atoms with van der Waals surface area (Å²) >= 11 is 0. The largest absolute Gasteiger partial charge is 0.385 e. The van der Waals surface area contributed by atoms with Crippen molar-refractivity contribution in [3.05, 3.63) is 0 Å². The molecule has 0 amide bonds. The predicted molar refractivity (Wildman–Crippen MR) is 45.4 cm³/mol. The van der Waals surface area contributed by atoms with Gasteiger partial charge in [-0.3, -0.25) is 4.79 Å². The monoisotopic (exact) mass is 158 g/mol. The topological polar surface area (TPSA) is 37.3 Å². The highest BCUT2D eigenvalue weighted by Crippen LogP contribution is 2.21. The number of carbonyl (C=O) groups is 1. The van der Waals surface area contributed by atoms with Crippen LogP contribution in [0.15, 0.2) is 0 Å².